The van der Waals surface area contributed by atoms with Gasteiger partial charge in [0.1, 0.15) is 0 Å². The molecule has 5 heteroatoms. The third-order valence-electron chi connectivity index (χ3n) is 4.26. The lowest BCUT2D eigenvalue weighted by atomic mass is 10.0. The third-order valence-corrected chi connectivity index (χ3v) is 4.26. The van der Waals surface area contributed by atoms with Gasteiger partial charge in [0, 0.05) is 22.5 Å². The fourth-order valence-electron chi connectivity index (χ4n) is 2.99. The Morgan fingerprint density at radius 1 is 0.875 bits per heavy atom. The van der Waals surface area contributed by atoms with Crippen LogP contribution >= 0.6 is 0 Å². The summed E-state index contributed by atoms with van der Waals surface area (Å²) in [4.78, 5) is 7.62. The number of H-pyrrole nitrogens is 1. The number of rotatable bonds is 1. The van der Waals surface area contributed by atoms with E-state index in [1.54, 1.807) is 6.20 Å². The standard InChI is InChI=1S/C19H13F3N2/c1-11-18-15(8-9-23-11)16-10-13(4-7-17(16)24-18)12-2-5-14(6-3-12)19(20,21)22/h2-10,24H,1H3. The summed E-state index contributed by atoms with van der Waals surface area (Å²) in [5, 5.41) is 2.10. The Bertz CT molecular complexity index is 1040. The molecule has 2 aromatic heterocycles. The summed E-state index contributed by atoms with van der Waals surface area (Å²) in [6, 6.07) is 13.0. The van der Waals surface area contributed by atoms with Crippen LogP contribution in [-0.2, 0) is 6.18 Å². The van der Waals surface area contributed by atoms with Crippen LogP contribution in [0.5, 0.6) is 0 Å². The molecular formula is C19H13F3N2. The molecule has 0 atom stereocenters. The minimum Gasteiger partial charge on any atom is -0.353 e. The van der Waals surface area contributed by atoms with Gasteiger partial charge in [-0.15, -0.1) is 0 Å². The van der Waals surface area contributed by atoms with Crippen molar-refractivity contribution in [1.82, 2.24) is 9.97 Å². The Balaban J connectivity index is 1.85. The molecule has 2 nitrogen and oxygen atoms in total. The maximum atomic E-state index is 12.7. The zero-order valence-electron chi connectivity index (χ0n) is 12.8. The number of fused-ring (bicyclic) bond motifs is 3. The van der Waals surface area contributed by atoms with Gasteiger partial charge >= 0.3 is 6.18 Å². The second-order valence-electron chi connectivity index (χ2n) is 5.78. The average molecular weight is 326 g/mol. The average Bonchev–Trinajstić information content (AvgIpc) is 2.94. The van der Waals surface area contributed by atoms with E-state index >= 15 is 0 Å². The lowest BCUT2D eigenvalue weighted by molar-refractivity contribution is -0.137. The van der Waals surface area contributed by atoms with Gasteiger partial charge in [0.25, 0.3) is 0 Å². The molecule has 4 aromatic rings. The molecule has 0 radical (unpaired) electrons. The molecule has 0 spiro atoms. The topological polar surface area (TPSA) is 28.7 Å². The number of alkyl halides is 3. The smallest absolute Gasteiger partial charge is 0.353 e. The monoisotopic (exact) mass is 326 g/mol. The van der Waals surface area contributed by atoms with Crippen molar-refractivity contribution in [2.24, 2.45) is 0 Å². The molecule has 2 aromatic carbocycles. The number of benzene rings is 2. The van der Waals surface area contributed by atoms with Crippen LogP contribution in [0.2, 0.25) is 0 Å². The van der Waals surface area contributed by atoms with Crippen molar-refractivity contribution in [3.8, 4) is 11.1 Å². The predicted octanol–water partition coefficient (Wildman–Crippen LogP) is 5.71. The largest absolute Gasteiger partial charge is 0.416 e. The van der Waals surface area contributed by atoms with Gasteiger partial charge < -0.3 is 4.98 Å². The van der Waals surface area contributed by atoms with Gasteiger partial charge in [0.2, 0.25) is 0 Å². The summed E-state index contributed by atoms with van der Waals surface area (Å²) >= 11 is 0. The maximum Gasteiger partial charge on any atom is 0.416 e. The number of nitrogens with one attached hydrogen (secondary N) is 1. The second-order valence-corrected chi connectivity index (χ2v) is 5.78. The summed E-state index contributed by atoms with van der Waals surface area (Å²) in [6.45, 7) is 1.94. The van der Waals surface area contributed by atoms with Crippen molar-refractivity contribution in [1.29, 1.82) is 0 Å². The number of aromatic amines is 1. The summed E-state index contributed by atoms with van der Waals surface area (Å²) in [7, 11) is 0. The summed E-state index contributed by atoms with van der Waals surface area (Å²) < 4.78 is 38.1. The highest BCUT2D eigenvalue weighted by molar-refractivity contribution is 6.09. The number of hydrogen-bond acceptors (Lipinski definition) is 1. The molecule has 0 aliphatic rings. The molecule has 0 fully saturated rings. The minimum atomic E-state index is -4.32. The van der Waals surface area contributed by atoms with E-state index in [1.165, 1.54) is 12.1 Å². The first kappa shape index (κ1) is 14.8. The van der Waals surface area contributed by atoms with Crippen LogP contribution in [0.3, 0.4) is 0 Å². The highest BCUT2D eigenvalue weighted by Gasteiger charge is 2.29. The van der Waals surface area contributed by atoms with Crippen molar-refractivity contribution >= 4 is 21.8 Å². The quantitative estimate of drug-likeness (QED) is 0.477. The number of hydrogen-bond donors (Lipinski definition) is 1. The molecule has 0 bridgehead atoms. The highest BCUT2D eigenvalue weighted by atomic mass is 19.4. The molecule has 0 saturated heterocycles. The van der Waals surface area contributed by atoms with Gasteiger partial charge in [0.15, 0.2) is 0 Å². The maximum absolute atomic E-state index is 12.7. The van der Waals surface area contributed by atoms with E-state index in [9.17, 15) is 13.2 Å². The summed E-state index contributed by atoms with van der Waals surface area (Å²) in [5.41, 5.74) is 3.88. The first-order chi connectivity index (χ1) is 11.4. The van der Waals surface area contributed by atoms with Crippen LogP contribution in [0.15, 0.2) is 54.7 Å². The molecule has 2 heterocycles. The molecular weight excluding hydrogens is 313 g/mol. The van der Waals surface area contributed by atoms with Crippen LogP contribution in [-0.4, -0.2) is 9.97 Å². The van der Waals surface area contributed by atoms with Crippen LogP contribution < -0.4 is 0 Å². The SMILES string of the molecule is Cc1nccc2c1[nH]c1ccc(-c3ccc(C(F)(F)F)cc3)cc12. The van der Waals surface area contributed by atoms with Gasteiger partial charge in [-0.2, -0.15) is 13.2 Å². The van der Waals surface area contributed by atoms with Crippen molar-refractivity contribution in [3.05, 3.63) is 66.0 Å². The van der Waals surface area contributed by atoms with Gasteiger partial charge in [-0.3, -0.25) is 4.98 Å². The van der Waals surface area contributed by atoms with E-state index in [1.807, 2.05) is 31.2 Å². The highest BCUT2D eigenvalue weighted by Crippen LogP contribution is 2.33. The fraction of sp³-hybridized carbons (Fsp3) is 0.105. The van der Waals surface area contributed by atoms with Crippen LogP contribution in [0.1, 0.15) is 11.3 Å². The summed E-state index contributed by atoms with van der Waals surface area (Å²) in [6.07, 6.45) is -2.56. The van der Waals surface area contributed by atoms with Crippen LogP contribution in [0.25, 0.3) is 32.9 Å². The minimum absolute atomic E-state index is 0.638. The van der Waals surface area contributed by atoms with Gasteiger partial charge in [-0.25, -0.2) is 0 Å². The Labute approximate surface area is 136 Å². The second kappa shape index (κ2) is 5.09. The molecule has 0 amide bonds. The Kier molecular flexibility index (Phi) is 3.13. The molecule has 24 heavy (non-hydrogen) atoms. The van der Waals surface area contributed by atoms with E-state index in [0.717, 1.165) is 50.8 Å². The first-order valence-electron chi connectivity index (χ1n) is 7.48. The molecule has 0 saturated carbocycles. The first-order valence-corrected chi connectivity index (χ1v) is 7.48. The zero-order chi connectivity index (χ0) is 16.9. The zero-order valence-corrected chi connectivity index (χ0v) is 12.8. The number of aryl methyl sites for hydroxylation is 1. The van der Waals surface area contributed by atoms with Crippen LogP contribution in [0.4, 0.5) is 13.2 Å². The van der Waals surface area contributed by atoms with E-state index in [4.69, 9.17) is 0 Å². The normalized spacial score (nSPS) is 12.2. The van der Waals surface area contributed by atoms with Gasteiger partial charge in [0.05, 0.1) is 16.8 Å². The van der Waals surface area contributed by atoms with E-state index in [-0.39, 0.29) is 0 Å². The molecule has 0 aliphatic carbocycles. The Morgan fingerprint density at radius 3 is 2.29 bits per heavy atom. The van der Waals surface area contributed by atoms with Crippen LogP contribution in [0, 0.1) is 6.92 Å². The van der Waals surface area contributed by atoms with Crippen molar-refractivity contribution in [2.75, 3.05) is 0 Å². The summed E-state index contributed by atoms with van der Waals surface area (Å²) in [5.74, 6) is 0. The lowest BCUT2D eigenvalue weighted by Crippen LogP contribution is -2.03. The molecule has 0 unspecified atom stereocenters. The lowest BCUT2D eigenvalue weighted by Gasteiger charge is -2.08. The molecule has 1 N–H and O–H groups in total. The van der Waals surface area contributed by atoms with Gasteiger partial charge in [-0.1, -0.05) is 18.2 Å². The fourth-order valence-corrected chi connectivity index (χ4v) is 2.99. The van der Waals surface area contributed by atoms with E-state index in [2.05, 4.69) is 9.97 Å². The van der Waals surface area contributed by atoms with Crippen molar-refractivity contribution in [3.63, 3.8) is 0 Å². The predicted molar refractivity (Wildman–Crippen MR) is 88.8 cm³/mol. The number of pyridine rings is 1. The van der Waals surface area contributed by atoms with Crippen molar-refractivity contribution < 1.29 is 13.2 Å². The number of aromatic nitrogens is 2. The molecule has 4 rings (SSSR count). The number of halogens is 3. The van der Waals surface area contributed by atoms with Gasteiger partial charge in [-0.05, 0) is 48.4 Å². The van der Waals surface area contributed by atoms with E-state index in [0.29, 0.717) is 0 Å². The molecule has 120 valence electrons. The molecule has 0 aliphatic heterocycles. The van der Waals surface area contributed by atoms with E-state index < -0.39 is 11.7 Å². The Morgan fingerprint density at radius 2 is 1.58 bits per heavy atom. The van der Waals surface area contributed by atoms with Crippen molar-refractivity contribution in [2.45, 2.75) is 13.1 Å². The third kappa shape index (κ3) is 2.33. The Hall–Kier alpha value is -2.82. The number of nitrogens with zero attached hydrogens (tertiary/aromatic N) is 1.